The minimum atomic E-state index is -0.156. The molecule has 0 N–H and O–H groups in total. The van der Waals surface area contributed by atoms with E-state index < -0.39 is 0 Å². The monoisotopic (exact) mass is 510 g/mol. The fourth-order valence-electron chi connectivity index (χ4n) is 3.86. The van der Waals surface area contributed by atoms with Crippen LogP contribution in [0.3, 0.4) is 0 Å². The molecule has 36 heavy (non-hydrogen) atoms. The number of ether oxygens (including phenoxy) is 3. The molecule has 8 heteroatoms. The standard InChI is InChI=1S/C28H34N2O5S/c1-33-17-8-15-30(28(32)23-9-5-4-6-10-23)21-27(31)29(20-24-11-7-18-36-24)16-14-22-12-13-25(34-2)26(19-22)35-3/h4-7,9-13,18-19H,8,14-17,20-21H2,1-3H3. The van der Waals surface area contributed by atoms with Crippen molar-refractivity contribution >= 4 is 23.2 Å². The van der Waals surface area contributed by atoms with Crippen molar-refractivity contribution in [3.05, 3.63) is 82.0 Å². The predicted octanol–water partition coefficient (Wildman–Crippen LogP) is 4.52. The summed E-state index contributed by atoms with van der Waals surface area (Å²) in [6.45, 7) is 1.97. The Morgan fingerprint density at radius 1 is 0.861 bits per heavy atom. The Hall–Kier alpha value is -3.36. The molecule has 0 spiro atoms. The van der Waals surface area contributed by atoms with Gasteiger partial charge in [-0.3, -0.25) is 9.59 Å². The van der Waals surface area contributed by atoms with Gasteiger partial charge in [0.2, 0.25) is 5.91 Å². The van der Waals surface area contributed by atoms with Gasteiger partial charge in [0, 0.05) is 37.2 Å². The minimum Gasteiger partial charge on any atom is -0.493 e. The fraction of sp³-hybridized carbons (Fsp3) is 0.357. The second-order valence-electron chi connectivity index (χ2n) is 8.27. The Bertz CT molecular complexity index is 1090. The number of carbonyl (C=O) groups is 2. The molecular weight excluding hydrogens is 476 g/mol. The SMILES string of the molecule is COCCCN(CC(=O)N(CCc1ccc(OC)c(OC)c1)Cc1cccs1)C(=O)c1ccccc1. The fourth-order valence-corrected chi connectivity index (χ4v) is 4.58. The van der Waals surface area contributed by atoms with Crippen LogP contribution in [0.2, 0.25) is 0 Å². The first-order valence-electron chi connectivity index (χ1n) is 11.9. The molecule has 1 aromatic heterocycles. The van der Waals surface area contributed by atoms with Gasteiger partial charge in [0.1, 0.15) is 6.54 Å². The van der Waals surface area contributed by atoms with Gasteiger partial charge in [0.25, 0.3) is 5.91 Å². The van der Waals surface area contributed by atoms with Crippen molar-refractivity contribution in [2.45, 2.75) is 19.4 Å². The lowest BCUT2D eigenvalue weighted by Gasteiger charge is -2.28. The molecule has 0 saturated carbocycles. The van der Waals surface area contributed by atoms with Crippen LogP contribution in [0.15, 0.2) is 66.0 Å². The van der Waals surface area contributed by atoms with E-state index in [2.05, 4.69) is 0 Å². The molecule has 2 amide bonds. The highest BCUT2D eigenvalue weighted by atomic mass is 32.1. The number of thiophene rings is 1. The van der Waals surface area contributed by atoms with Crippen LogP contribution in [-0.2, 0) is 22.5 Å². The Morgan fingerprint density at radius 3 is 2.31 bits per heavy atom. The summed E-state index contributed by atoms with van der Waals surface area (Å²) >= 11 is 1.61. The van der Waals surface area contributed by atoms with E-state index in [1.54, 1.807) is 49.7 Å². The smallest absolute Gasteiger partial charge is 0.254 e. The molecule has 0 radical (unpaired) electrons. The van der Waals surface area contributed by atoms with Crippen LogP contribution in [0.25, 0.3) is 0 Å². The van der Waals surface area contributed by atoms with Crippen LogP contribution in [0, 0.1) is 0 Å². The average Bonchev–Trinajstić information content (AvgIpc) is 3.43. The zero-order chi connectivity index (χ0) is 25.8. The van der Waals surface area contributed by atoms with Crippen molar-refractivity contribution < 1.29 is 23.8 Å². The third kappa shape index (κ3) is 7.83. The number of benzene rings is 2. The van der Waals surface area contributed by atoms with Gasteiger partial charge in [0.05, 0.1) is 20.8 Å². The summed E-state index contributed by atoms with van der Waals surface area (Å²) in [6.07, 6.45) is 1.30. The molecule has 7 nitrogen and oxygen atoms in total. The van der Waals surface area contributed by atoms with Crippen molar-refractivity contribution in [3.63, 3.8) is 0 Å². The molecule has 1 heterocycles. The van der Waals surface area contributed by atoms with Gasteiger partial charge >= 0.3 is 0 Å². The molecule has 0 aliphatic carbocycles. The van der Waals surface area contributed by atoms with Crippen molar-refractivity contribution in [2.75, 3.05) is 47.6 Å². The second-order valence-corrected chi connectivity index (χ2v) is 9.31. The molecule has 3 aromatic rings. The van der Waals surface area contributed by atoms with Crippen LogP contribution in [0.4, 0.5) is 0 Å². The quantitative estimate of drug-likeness (QED) is 0.299. The summed E-state index contributed by atoms with van der Waals surface area (Å²) in [4.78, 5) is 31.3. The first-order valence-corrected chi connectivity index (χ1v) is 12.8. The maximum Gasteiger partial charge on any atom is 0.254 e. The molecule has 0 bridgehead atoms. The Balaban J connectivity index is 1.75. The van der Waals surface area contributed by atoms with Crippen LogP contribution in [0.1, 0.15) is 27.2 Å². The van der Waals surface area contributed by atoms with Crippen molar-refractivity contribution in [1.29, 1.82) is 0 Å². The van der Waals surface area contributed by atoms with Crippen molar-refractivity contribution in [3.8, 4) is 11.5 Å². The third-order valence-electron chi connectivity index (χ3n) is 5.81. The lowest BCUT2D eigenvalue weighted by atomic mass is 10.1. The number of methoxy groups -OCH3 is 3. The van der Waals surface area contributed by atoms with Crippen LogP contribution in [-0.4, -0.2) is 69.2 Å². The molecule has 0 atom stereocenters. The van der Waals surface area contributed by atoms with Gasteiger partial charge in [-0.15, -0.1) is 11.3 Å². The Morgan fingerprint density at radius 2 is 1.64 bits per heavy atom. The van der Waals surface area contributed by atoms with Gasteiger partial charge in [-0.2, -0.15) is 0 Å². The average molecular weight is 511 g/mol. The lowest BCUT2D eigenvalue weighted by Crippen LogP contribution is -2.43. The summed E-state index contributed by atoms with van der Waals surface area (Å²) in [5.41, 5.74) is 1.60. The Labute approximate surface area is 217 Å². The molecule has 3 rings (SSSR count). The van der Waals surface area contributed by atoms with E-state index in [9.17, 15) is 9.59 Å². The van der Waals surface area contributed by atoms with E-state index in [-0.39, 0.29) is 18.4 Å². The van der Waals surface area contributed by atoms with E-state index in [0.29, 0.717) is 56.1 Å². The van der Waals surface area contributed by atoms with Crippen LogP contribution in [0.5, 0.6) is 11.5 Å². The van der Waals surface area contributed by atoms with E-state index >= 15 is 0 Å². The molecular formula is C28H34N2O5S. The summed E-state index contributed by atoms with van der Waals surface area (Å²) < 4.78 is 15.9. The summed E-state index contributed by atoms with van der Waals surface area (Å²) in [5, 5.41) is 2.00. The summed E-state index contributed by atoms with van der Waals surface area (Å²) in [7, 11) is 4.84. The Kier molecular flexibility index (Phi) is 10.8. The van der Waals surface area contributed by atoms with Gasteiger partial charge in [-0.05, 0) is 54.1 Å². The topological polar surface area (TPSA) is 68.3 Å². The number of carbonyl (C=O) groups excluding carboxylic acids is 2. The molecule has 0 aliphatic rings. The number of rotatable bonds is 14. The van der Waals surface area contributed by atoms with Gasteiger partial charge < -0.3 is 24.0 Å². The number of nitrogens with zero attached hydrogens (tertiary/aromatic N) is 2. The number of hydrogen-bond acceptors (Lipinski definition) is 6. The van der Waals surface area contributed by atoms with Gasteiger partial charge in [-0.25, -0.2) is 0 Å². The largest absolute Gasteiger partial charge is 0.493 e. The second kappa shape index (κ2) is 14.3. The molecule has 192 valence electrons. The first kappa shape index (κ1) is 27.2. The first-order chi connectivity index (χ1) is 17.5. The highest BCUT2D eigenvalue weighted by molar-refractivity contribution is 7.09. The normalized spacial score (nSPS) is 10.6. The molecule has 0 saturated heterocycles. The lowest BCUT2D eigenvalue weighted by molar-refractivity contribution is -0.132. The number of amides is 2. The van der Waals surface area contributed by atoms with Crippen molar-refractivity contribution in [1.82, 2.24) is 9.80 Å². The highest BCUT2D eigenvalue weighted by Gasteiger charge is 2.23. The third-order valence-corrected chi connectivity index (χ3v) is 6.67. The predicted molar refractivity (Wildman–Crippen MR) is 142 cm³/mol. The highest BCUT2D eigenvalue weighted by Crippen LogP contribution is 2.28. The van der Waals surface area contributed by atoms with E-state index in [1.807, 2.05) is 58.8 Å². The molecule has 0 unspecified atom stereocenters. The molecule has 0 fully saturated rings. The summed E-state index contributed by atoms with van der Waals surface area (Å²) in [6, 6.07) is 18.9. The maximum atomic E-state index is 13.6. The molecule has 2 aromatic carbocycles. The van der Waals surface area contributed by atoms with E-state index in [4.69, 9.17) is 14.2 Å². The van der Waals surface area contributed by atoms with E-state index in [1.165, 1.54) is 0 Å². The molecule has 0 aliphatic heterocycles. The van der Waals surface area contributed by atoms with Gasteiger partial charge in [0.15, 0.2) is 11.5 Å². The van der Waals surface area contributed by atoms with Crippen molar-refractivity contribution in [2.24, 2.45) is 0 Å². The van der Waals surface area contributed by atoms with E-state index in [0.717, 1.165) is 10.4 Å². The number of hydrogen-bond donors (Lipinski definition) is 0. The zero-order valence-corrected chi connectivity index (χ0v) is 22.0. The minimum absolute atomic E-state index is 0.00868. The summed E-state index contributed by atoms with van der Waals surface area (Å²) in [5.74, 6) is 1.07. The maximum absolute atomic E-state index is 13.6. The zero-order valence-electron chi connectivity index (χ0n) is 21.1. The van der Waals surface area contributed by atoms with Gasteiger partial charge in [-0.1, -0.05) is 30.3 Å². The van der Waals surface area contributed by atoms with Crippen LogP contribution < -0.4 is 9.47 Å². The van der Waals surface area contributed by atoms with Crippen LogP contribution >= 0.6 is 11.3 Å².